The van der Waals surface area contributed by atoms with E-state index in [4.69, 9.17) is 9.47 Å². The zero-order chi connectivity index (χ0) is 17.9. The first kappa shape index (κ1) is 17.6. The van der Waals surface area contributed by atoms with Crippen molar-refractivity contribution in [3.8, 4) is 17.2 Å². The molecule has 0 radical (unpaired) electrons. The fourth-order valence-corrected chi connectivity index (χ4v) is 2.55. The largest absolute Gasteiger partial charge is 0.507 e. The minimum atomic E-state index is -0.295. The van der Waals surface area contributed by atoms with Crippen LogP contribution in [-0.2, 0) is 6.54 Å². The number of aromatic hydroxyl groups is 1. The summed E-state index contributed by atoms with van der Waals surface area (Å²) in [4.78, 5) is 18.5. The summed E-state index contributed by atoms with van der Waals surface area (Å²) in [6, 6.07) is 4.60. The van der Waals surface area contributed by atoms with Gasteiger partial charge in [0.05, 0.1) is 32.0 Å². The maximum Gasteiger partial charge on any atom is 0.257 e. The quantitative estimate of drug-likeness (QED) is 0.912. The van der Waals surface area contributed by atoms with Crippen molar-refractivity contribution in [2.75, 3.05) is 21.3 Å². The first-order valence-electron chi connectivity index (χ1n) is 7.50. The van der Waals surface area contributed by atoms with Crippen LogP contribution >= 0.6 is 0 Å². The van der Waals surface area contributed by atoms with Crippen LogP contribution in [0.3, 0.4) is 0 Å². The molecule has 0 spiro atoms. The number of ether oxygens (including phenoxy) is 2. The number of methoxy groups -OCH3 is 2. The van der Waals surface area contributed by atoms with Crippen molar-refractivity contribution in [2.24, 2.45) is 0 Å². The fourth-order valence-electron chi connectivity index (χ4n) is 2.55. The molecule has 2 aromatic rings. The molecule has 24 heavy (non-hydrogen) atoms. The number of phenols is 1. The smallest absolute Gasteiger partial charge is 0.257 e. The van der Waals surface area contributed by atoms with E-state index in [1.54, 1.807) is 32.5 Å². The van der Waals surface area contributed by atoms with Gasteiger partial charge < -0.3 is 19.5 Å². The molecule has 0 aliphatic carbocycles. The minimum Gasteiger partial charge on any atom is -0.507 e. The Hall–Kier alpha value is -2.76. The molecule has 1 aromatic heterocycles. The Kier molecular flexibility index (Phi) is 5.28. The van der Waals surface area contributed by atoms with Crippen molar-refractivity contribution in [1.82, 2.24) is 9.88 Å². The zero-order valence-electron chi connectivity index (χ0n) is 14.6. The third-order valence-electron chi connectivity index (χ3n) is 3.92. The molecular formula is C18H22N2O4. The Morgan fingerprint density at radius 3 is 2.54 bits per heavy atom. The van der Waals surface area contributed by atoms with Crippen molar-refractivity contribution in [3.05, 3.63) is 46.8 Å². The molecule has 0 saturated heterocycles. The summed E-state index contributed by atoms with van der Waals surface area (Å²) in [5.74, 6) is 0.855. The number of hydrogen-bond acceptors (Lipinski definition) is 5. The molecule has 6 nitrogen and oxygen atoms in total. The number of carbonyl (C=O) groups is 1. The van der Waals surface area contributed by atoms with Gasteiger partial charge in [-0.25, -0.2) is 0 Å². The fraction of sp³-hybridized carbons (Fsp3) is 0.333. The average molecular weight is 330 g/mol. The predicted octanol–water partition coefficient (Wildman–Crippen LogP) is 2.69. The van der Waals surface area contributed by atoms with Crippen LogP contribution in [0.4, 0.5) is 0 Å². The van der Waals surface area contributed by atoms with Crippen molar-refractivity contribution < 1.29 is 19.4 Å². The highest BCUT2D eigenvalue weighted by molar-refractivity contribution is 5.96. The highest BCUT2D eigenvalue weighted by Gasteiger charge is 2.19. The van der Waals surface area contributed by atoms with E-state index in [0.29, 0.717) is 12.3 Å². The predicted molar refractivity (Wildman–Crippen MR) is 90.7 cm³/mol. The number of amides is 1. The van der Waals surface area contributed by atoms with Gasteiger partial charge in [-0.15, -0.1) is 0 Å². The van der Waals surface area contributed by atoms with Gasteiger partial charge in [-0.05, 0) is 26.0 Å². The van der Waals surface area contributed by atoms with E-state index < -0.39 is 0 Å². The van der Waals surface area contributed by atoms with Crippen LogP contribution in [0.5, 0.6) is 17.2 Å². The molecule has 1 N–H and O–H groups in total. The Bertz CT molecular complexity index is 759. The van der Waals surface area contributed by atoms with Gasteiger partial charge in [-0.2, -0.15) is 0 Å². The number of benzene rings is 1. The molecule has 2 rings (SSSR count). The minimum absolute atomic E-state index is 0.114. The molecule has 6 heteroatoms. The molecule has 0 saturated carbocycles. The monoisotopic (exact) mass is 330 g/mol. The first-order chi connectivity index (χ1) is 11.4. The van der Waals surface area contributed by atoms with Crippen molar-refractivity contribution in [2.45, 2.75) is 20.4 Å². The Morgan fingerprint density at radius 2 is 1.96 bits per heavy atom. The number of phenolic OH excluding ortho intramolecular Hbond substituents is 1. The van der Waals surface area contributed by atoms with Crippen LogP contribution in [-0.4, -0.2) is 42.2 Å². The summed E-state index contributed by atoms with van der Waals surface area (Å²) in [6.45, 7) is 4.15. The third-order valence-corrected chi connectivity index (χ3v) is 3.92. The average Bonchev–Trinajstić information content (AvgIpc) is 2.57. The first-order valence-corrected chi connectivity index (χ1v) is 7.50. The zero-order valence-corrected chi connectivity index (χ0v) is 14.6. The lowest BCUT2D eigenvalue weighted by Crippen LogP contribution is -2.27. The van der Waals surface area contributed by atoms with E-state index >= 15 is 0 Å². The molecule has 0 aliphatic rings. The summed E-state index contributed by atoms with van der Waals surface area (Å²) < 4.78 is 10.4. The number of pyridine rings is 1. The second-order valence-corrected chi connectivity index (χ2v) is 5.59. The Labute approximate surface area is 141 Å². The van der Waals surface area contributed by atoms with Crippen molar-refractivity contribution in [3.63, 3.8) is 0 Å². The number of hydrogen-bond donors (Lipinski definition) is 1. The second kappa shape index (κ2) is 7.21. The van der Waals surface area contributed by atoms with Crippen LogP contribution in [0.1, 0.15) is 27.2 Å². The molecule has 0 aliphatic heterocycles. The van der Waals surface area contributed by atoms with Crippen molar-refractivity contribution in [1.29, 1.82) is 0 Å². The molecule has 1 heterocycles. The van der Waals surface area contributed by atoms with Gasteiger partial charge in [-0.1, -0.05) is 0 Å². The number of carbonyl (C=O) groups excluding carboxylic acids is 1. The maximum absolute atomic E-state index is 12.6. The number of aryl methyl sites for hydroxylation is 1. The van der Waals surface area contributed by atoms with Crippen LogP contribution in [0.15, 0.2) is 24.4 Å². The van der Waals surface area contributed by atoms with Crippen LogP contribution in [0, 0.1) is 13.8 Å². The number of rotatable bonds is 5. The Balaban J connectivity index is 2.24. The van der Waals surface area contributed by atoms with Gasteiger partial charge in [-0.3, -0.25) is 9.78 Å². The molecule has 0 unspecified atom stereocenters. The molecule has 0 fully saturated rings. The summed E-state index contributed by atoms with van der Waals surface area (Å²) in [5, 5.41) is 10.0. The highest BCUT2D eigenvalue weighted by atomic mass is 16.5. The maximum atomic E-state index is 12.6. The van der Waals surface area contributed by atoms with Crippen LogP contribution in [0.25, 0.3) is 0 Å². The molecule has 0 atom stereocenters. The van der Waals surface area contributed by atoms with E-state index in [1.165, 1.54) is 18.1 Å². The van der Waals surface area contributed by atoms with E-state index in [0.717, 1.165) is 22.6 Å². The Morgan fingerprint density at radius 1 is 1.25 bits per heavy atom. The van der Waals surface area contributed by atoms with Gasteiger partial charge in [0.2, 0.25) is 0 Å². The normalized spacial score (nSPS) is 10.4. The summed E-state index contributed by atoms with van der Waals surface area (Å²) >= 11 is 0. The van der Waals surface area contributed by atoms with Crippen LogP contribution in [0.2, 0.25) is 0 Å². The number of aromatic nitrogens is 1. The van der Waals surface area contributed by atoms with E-state index in [-0.39, 0.29) is 17.2 Å². The summed E-state index contributed by atoms with van der Waals surface area (Å²) in [6.07, 6.45) is 1.73. The van der Waals surface area contributed by atoms with E-state index in [2.05, 4.69) is 4.98 Å². The topological polar surface area (TPSA) is 71.9 Å². The van der Waals surface area contributed by atoms with Gasteiger partial charge in [0.1, 0.15) is 17.2 Å². The molecule has 1 aromatic carbocycles. The molecular weight excluding hydrogens is 308 g/mol. The SMILES string of the molecule is COc1ccc(C(=O)N(C)Cc2ncc(C)c(OC)c2C)c(O)c1. The lowest BCUT2D eigenvalue weighted by atomic mass is 10.1. The van der Waals surface area contributed by atoms with Gasteiger partial charge in [0.15, 0.2) is 0 Å². The van der Waals surface area contributed by atoms with Crippen LogP contribution < -0.4 is 9.47 Å². The summed E-state index contributed by atoms with van der Waals surface area (Å²) in [7, 11) is 4.78. The van der Waals surface area contributed by atoms with E-state index in [1.807, 2.05) is 13.8 Å². The molecule has 128 valence electrons. The highest BCUT2D eigenvalue weighted by Crippen LogP contribution is 2.27. The summed E-state index contributed by atoms with van der Waals surface area (Å²) in [5.41, 5.74) is 2.81. The molecule has 1 amide bonds. The molecule has 0 bridgehead atoms. The van der Waals surface area contributed by atoms with Gasteiger partial charge in [0.25, 0.3) is 5.91 Å². The third kappa shape index (κ3) is 3.42. The number of nitrogens with zero attached hydrogens (tertiary/aromatic N) is 2. The van der Waals surface area contributed by atoms with Gasteiger partial charge in [0, 0.05) is 30.4 Å². The second-order valence-electron chi connectivity index (χ2n) is 5.59. The lowest BCUT2D eigenvalue weighted by molar-refractivity contribution is 0.0780. The van der Waals surface area contributed by atoms with Gasteiger partial charge >= 0.3 is 0 Å². The lowest BCUT2D eigenvalue weighted by Gasteiger charge is -2.20. The van der Waals surface area contributed by atoms with E-state index in [9.17, 15) is 9.90 Å². The van der Waals surface area contributed by atoms with Crippen molar-refractivity contribution >= 4 is 5.91 Å². The standard InChI is InChI=1S/C18H22N2O4/c1-11-9-19-15(12(2)17(11)24-5)10-20(3)18(22)14-7-6-13(23-4)8-16(14)21/h6-9,21H,10H2,1-5H3.